The Hall–Kier alpha value is -1.19. The first-order valence-electron chi connectivity index (χ1n) is 4.70. The number of rotatable bonds is 2. The van der Waals surface area contributed by atoms with E-state index in [9.17, 15) is 0 Å². The molecule has 80 valence electrons. The molecule has 15 heavy (non-hydrogen) atoms. The molecule has 1 aromatic carbocycles. The lowest BCUT2D eigenvalue weighted by Gasteiger charge is -2.01. The highest BCUT2D eigenvalue weighted by atomic mass is 35.5. The molecule has 0 bridgehead atoms. The van der Waals surface area contributed by atoms with Crippen LogP contribution in [0.5, 0.6) is 11.5 Å². The van der Waals surface area contributed by atoms with Crippen molar-refractivity contribution in [3.05, 3.63) is 28.8 Å². The third-order valence-corrected chi connectivity index (χ3v) is 2.32. The summed E-state index contributed by atoms with van der Waals surface area (Å²) in [5, 5.41) is 0.564. The van der Waals surface area contributed by atoms with Gasteiger partial charge < -0.3 is 15.2 Å². The Kier molecular flexibility index (Phi) is 2.84. The standard InChI is InChI=1S/C11H12ClNO2/c1-7(13)2-3-8-4-9(12)11-10(5-8)14-6-15-11/h2-5,7H,6,13H2,1H3/b3-2+. The SMILES string of the molecule is CC(N)/C=C/c1cc(Cl)c2c(c1)OCO2. The second kappa shape index (κ2) is 4.13. The minimum atomic E-state index is 0.0224. The fourth-order valence-electron chi connectivity index (χ4n) is 1.35. The number of ether oxygens (including phenoxy) is 2. The second-order valence-corrected chi connectivity index (χ2v) is 3.86. The van der Waals surface area contributed by atoms with E-state index in [-0.39, 0.29) is 12.8 Å². The van der Waals surface area contributed by atoms with Gasteiger partial charge in [0.2, 0.25) is 6.79 Å². The third-order valence-electron chi connectivity index (χ3n) is 2.04. The summed E-state index contributed by atoms with van der Waals surface area (Å²) in [5.74, 6) is 1.31. The average Bonchev–Trinajstić information content (AvgIpc) is 2.63. The van der Waals surface area contributed by atoms with Crippen LogP contribution >= 0.6 is 11.6 Å². The zero-order valence-corrected chi connectivity index (χ0v) is 9.12. The summed E-state index contributed by atoms with van der Waals surface area (Å²) in [6.45, 7) is 2.14. The van der Waals surface area contributed by atoms with Crippen LogP contribution in [0, 0.1) is 0 Å². The molecule has 4 heteroatoms. The number of benzene rings is 1. The van der Waals surface area contributed by atoms with Crippen molar-refractivity contribution in [3.63, 3.8) is 0 Å². The maximum absolute atomic E-state index is 6.02. The smallest absolute Gasteiger partial charge is 0.231 e. The van der Waals surface area contributed by atoms with Crippen molar-refractivity contribution < 1.29 is 9.47 Å². The Labute approximate surface area is 93.4 Å². The molecule has 0 saturated carbocycles. The summed E-state index contributed by atoms with van der Waals surface area (Å²) in [5.41, 5.74) is 6.58. The lowest BCUT2D eigenvalue weighted by molar-refractivity contribution is 0.174. The zero-order valence-electron chi connectivity index (χ0n) is 8.37. The van der Waals surface area contributed by atoms with Crippen LogP contribution in [0.3, 0.4) is 0 Å². The van der Waals surface area contributed by atoms with Gasteiger partial charge in [0.05, 0.1) is 5.02 Å². The predicted octanol–water partition coefficient (Wildman–Crippen LogP) is 2.43. The van der Waals surface area contributed by atoms with Gasteiger partial charge in [0, 0.05) is 6.04 Å². The Morgan fingerprint density at radius 2 is 2.27 bits per heavy atom. The summed E-state index contributed by atoms with van der Waals surface area (Å²) in [4.78, 5) is 0. The number of nitrogens with two attached hydrogens (primary N) is 1. The van der Waals surface area contributed by atoms with Crippen molar-refractivity contribution >= 4 is 17.7 Å². The molecule has 0 spiro atoms. The quantitative estimate of drug-likeness (QED) is 0.841. The van der Waals surface area contributed by atoms with Gasteiger partial charge in [0.15, 0.2) is 11.5 Å². The van der Waals surface area contributed by atoms with Crippen LogP contribution in [-0.2, 0) is 0 Å². The van der Waals surface area contributed by atoms with Crippen molar-refractivity contribution in [2.75, 3.05) is 6.79 Å². The van der Waals surface area contributed by atoms with Gasteiger partial charge in [0.1, 0.15) is 0 Å². The van der Waals surface area contributed by atoms with E-state index in [1.807, 2.05) is 31.2 Å². The first-order valence-corrected chi connectivity index (χ1v) is 5.07. The lowest BCUT2D eigenvalue weighted by atomic mass is 10.1. The van der Waals surface area contributed by atoms with Crippen molar-refractivity contribution in [1.82, 2.24) is 0 Å². The van der Waals surface area contributed by atoms with Gasteiger partial charge in [0.25, 0.3) is 0 Å². The highest BCUT2D eigenvalue weighted by molar-refractivity contribution is 6.32. The van der Waals surface area contributed by atoms with Crippen LogP contribution in [0.4, 0.5) is 0 Å². The Balaban J connectivity index is 2.31. The largest absolute Gasteiger partial charge is 0.454 e. The van der Waals surface area contributed by atoms with Crippen LogP contribution in [0.25, 0.3) is 6.08 Å². The molecule has 1 unspecified atom stereocenters. The first kappa shape index (κ1) is 10.3. The Morgan fingerprint density at radius 1 is 1.47 bits per heavy atom. The Bertz CT molecular complexity index is 402. The predicted molar refractivity (Wildman–Crippen MR) is 60.3 cm³/mol. The van der Waals surface area contributed by atoms with Crippen molar-refractivity contribution in [3.8, 4) is 11.5 Å². The summed E-state index contributed by atoms with van der Waals surface area (Å²) < 4.78 is 10.5. The highest BCUT2D eigenvalue weighted by Gasteiger charge is 2.17. The third kappa shape index (κ3) is 2.25. The van der Waals surface area contributed by atoms with E-state index in [0.717, 1.165) is 5.56 Å². The molecule has 2 N–H and O–H groups in total. The maximum Gasteiger partial charge on any atom is 0.231 e. The number of hydrogen-bond donors (Lipinski definition) is 1. The molecule has 0 amide bonds. The fourth-order valence-corrected chi connectivity index (χ4v) is 1.62. The molecular formula is C11H12ClNO2. The highest BCUT2D eigenvalue weighted by Crippen LogP contribution is 2.39. The fraction of sp³-hybridized carbons (Fsp3) is 0.273. The molecule has 1 aliphatic heterocycles. The van der Waals surface area contributed by atoms with Gasteiger partial charge in [-0.25, -0.2) is 0 Å². The van der Waals surface area contributed by atoms with Gasteiger partial charge in [-0.3, -0.25) is 0 Å². The number of fused-ring (bicyclic) bond motifs is 1. The van der Waals surface area contributed by atoms with Crippen LogP contribution in [0.15, 0.2) is 18.2 Å². The topological polar surface area (TPSA) is 44.5 Å². The van der Waals surface area contributed by atoms with E-state index in [0.29, 0.717) is 16.5 Å². The van der Waals surface area contributed by atoms with E-state index in [1.54, 1.807) is 0 Å². The van der Waals surface area contributed by atoms with Gasteiger partial charge in [-0.05, 0) is 24.6 Å². The van der Waals surface area contributed by atoms with Gasteiger partial charge in [-0.1, -0.05) is 23.8 Å². The Morgan fingerprint density at radius 3 is 3.00 bits per heavy atom. The molecular weight excluding hydrogens is 214 g/mol. The molecule has 0 fully saturated rings. The van der Waals surface area contributed by atoms with E-state index in [1.165, 1.54) is 0 Å². The second-order valence-electron chi connectivity index (χ2n) is 3.45. The molecule has 0 saturated heterocycles. The van der Waals surface area contributed by atoms with Crippen LogP contribution in [0.1, 0.15) is 12.5 Å². The van der Waals surface area contributed by atoms with E-state index < -0.39 is 0 Å². The van der Waals surface area contributed by atoms with E-state index in [4.69, 9.17) is 26.8 Å². The molecule has 1 aromatic rings. The van der Waals surface area contributed by atoms with Gasteiger partial charge in [-0.15, -0.1) is 0 Å². The number of halogens is 1. The lowest BCUT2D eigenvalue weighted by Crippen LogP contribution is -2.09. The average molecular weight is 226 g/mol. The minimum Gasteiger partial charge on any atom is -0.454 e. The summed E-state index contributed by atoms with van der Waals surface area (Å²) in [6, 6.07) is 3.73. The van der Waals surface area contributed by atoms with Crippen molar-refractivity contribution in [1.29, 1.82) is 0 Å². The van der Waals surface area contributed by atoms with Crippen LogP contribution in [0.2, 0.25) is 5.02 Å². The molecule has 1 atom stereocenters. The van der Waals surface area contributed by atoms with Crippen molar-refractivity contribution in [2.24, 2.45) is 5.73 Å². The molecule has 3 nitrogen and oxygen atoms in total. The molecule has 0 radical (unpaired) electrons. The van der Waals surface area contributed by atoms with Crippen LogP contribution in [-0.4, -0.2) is 12.8 Å². The van der Waals surface area contributed by atoms with Crippen molar-refractivity contribution in [2.45, 2.75) is 13.0 Å². The summed E-state index contributed by atoms with van der Waals surface area (Å²) in [7, 11) is 0. The van der Waals surface area contributed by atoms with E-state index >= 15 is 0 Å². The molecule has 0 aliphatic carbocycles. The van der Waals surface area contributed by atoms with Crippen LogP contribution < -0.4 is 15.2 Å². The molecule has 1 aliphatic rings. The normalized spacial score (nSPS) is 15.9. The zero-order chi connectivity index (χ0) is 10.8. The molecule has 2 rings (SSSR count). The van der Waals surface area contributed by atoms with Gasteiger partial charge >= 0.3 is 0 Å². The first-order chi connectivity index (χ1) is 7.16. The summed E-state index contributed by atoms with van der Waals surface area (Å²) >= 11 is 6.02. The van der Waals surface area contributed by atoms with Gasteiger partial charge in [-0.2, -0.15) is 0 Å². The minimum absolute atomic E-state index is 0.0224. The molecule has 0 aromatic heterocycles. The number of hydrogen-bond acceptors (Lipinski definition) is 3. The van der Waals surface area contributed by atoms with E-state index in [2.05, 4.69) is 0 Å². The molecule has 1 heterocycles. The monoisotopic (exact) mass is 225 g/mol. The summed E-state index contributed by atoms with van der Waals surface area (Å²) in [6.07, 6.45) is 3.81. The maximum atomic E-state index is 6.02.